The summed E-state index contributed by atoms with van der Waals surface area (Å²) >= 11 is 0. The van der Waals surface area contributed by atoms with Gasteiger partial charge in [-0.3, -0.25) is 0 Å². The van der Waals surface area contributed by atoms with E-state index in [0.29, 0.717) is 19.8 Å². The fourth-order valence-electron chi connectivity index (χ4n) is 2.55. The summed E-state index contributed by atoms with van der Waals surface area (Å²) in [6.07, 6.45) is 5.17. The Labute approximate surface area is 120 Å². The van der Waals surface area contributed by atoms with Crippen molar-refractivity contribution in [1.29, 1.82) is 0 Å². The Morgan fingerprint density at radius 1 is 1.40 bits per heavy atom. The van der Waals surface area contributed by atoms with Crippen molar-refractivity contribution >= 4 is 0 Å². The molecule has 0 amide bonds. The number of aromatic nitrogens is 2. The van der Waals surface area contributed by atoms with Gasteiger partial charge in [-0.25, -0.2) is 9.97 Å². The van der Waals surface area contributed by atoms with Crippen LogP contribution in [-0.2, 0) is 21.5 Å². The van der Waals surface area contributed by atoms with Crippen LogP contribution in [0.5, 0.6) is 0 Å². The van der Waals surface area contributed by atoms with Crippen molar-refractivity contribution in [2.75, 3.05) is 19.8 Å². The van der Waals surface area contributed by atoms with Gasteiger partial charge in [0.15, 0.2) is 5.82 Å². The number of hydrogen-bond acceptors (Lipinski definition) is 5. The fraction of sp³-hybridized carbons (Fsp3) is 0.733. The highest BCUT2D eigenvalue weighted by Crippen LogP contribution is 2.33. The second kappa shape index (κ2) is 7.11. The third-order valence-electron chi connectivity index (χ3n) is 3.84. The lowest BCUT2D eigenvalue weighted by Gasteiger charge is -2.35. The molecule has 1 unspecified atom stereocenters. The van der Waals surface area contributed by atoms with Gasteiger partial charge in [-0.05, 0) is 19.4 Å². The van der Waals surface area contributed by atoms with Crippen LogP contribution in [0, 0.1) is 0 Å². The predicted molar refractivity (Wildman–Crippen MR) is 77.4 cm³/mol. The standard InChI is InChI=1S/C15H25N3O2/c1-3-12(16)11-13-5-8-17-14(18-13)15(20-4-2)6-9-19-10-7-15/h5,8,12H,3-4,6-7,9-11,16H2,1-2H3. The van der Waals surface area contributed by atoms with Crippen molar-refractivity contribution in [3.05, 3.63) is 23.8 Å². The molecule has 0 aliphatic carbocycles. The van der Waals surface area contributed by atoms with Crippen LogP contribution in [0.25, 0.3) is 0 Å². The van der Waals surface area contributed by atoms with Gasteiger partial charge in [0, 0.05) is 57.0 Å². The zero-order chi connectivity index (χ0) is 14.4. The highest BCUT2D eigenvalue weighted by atomic mass is 16.5. The summed E-state index contributed by atoms with van der Waals surface area (Å²) < 4.78 is 11.5. The van der Waals surface area contributed by atoms with E-state index in [0.717, 1.165) is 37.2 Å². The highest BCUT2D eigenvalue weighted by molar-refractivity contribution is 5.10. The van der Waals surface area contributed by atoms with E-state index < -0.39 is 0 Å². The first-order chi connectivity index (χ1) is 9.70. The summed E-state index contributed by atoms with van der Waals surface area (Å²) in [5, 5.41) is 0. The molecule has 2 rings (SSSR count). The molecule has 2 N–H and O–H groups in total. The molecule has 0 bridgehead atoms. The van der Waals surface area contributed by atoms with Gasteiger partial charge in [0.25, 0.3) is 0 Å². The van der Waals surface area contributed by atoms with E-state index in [-0.39, 0.29) is 11.6 Å². The molecule has 5 heteroatoms. The summed E-state index contributed by atoms with van der Waals surface area (Å²) in [4.78, 5) is 9.16. The van der Waals surface area contributed by atoms with E-state index in [2.05, 4.69) is 11.9 Å². The second-order valence-corrected chi connectivity index (χ2v) is 5.28. The zero-order valence-corrected chi connectivity index (χ0v) is 12.5. The zero-order valence-electron chi connectivity index (χ0n) is 12.5. The average Bonchev–Trinajstić information content (AvgIpc) is 2.48. The Hall–Kier alpha value is -1.04. The maximum Gasteiger partial charge on any atom is 0.160 e. The molecule has 0 radical (unpaired) electrons. The lowest BCUT2D eigenvalue weighted by atomic mass is 9.92. The number of nitrogens with two attached hydrogens (primary N) is 1. The summed E-state index contributed by atoms with van der Waals surface area (Å²) in [6, 6.07) is 2.09. The Kier molecular flexibility index (Phi) is 5.46. The van der Waals surface area contributed by atoms with Gasteiger partial charge < -0.3 is 15.2 Å². The molecule has 1 aromatic heterocycles. The first kappa shape index (κ1) is 15.4. The molecule has 112 valence electrons. The first-order valence-electron chi connectivity index (χ1n) is 7.50. The van der Waals surface area contributed by atoms with Crippen LogP contribution < -0.4 is 5.73 Å². The minimum Gasteiger partial charge on any atom is -0.381 e. The molecular formula is C15H25N3O2. The number of ether oxygens (including phenoxy) is 2. The fourth-order valence-corrected chi connectivity index (χ4v) is 2.55. The van der Waals surface area contributed by atoms with Crippen molar-refractivity contribution in [3.63, 3.8) is 0 Å². The van der Waals surface area contributed by atoms with Gasteiger partial charge in [-0.2, -0.15) is 0 Å². The monoisotopic (exact) mass is 279 g/mol. The maximum absolute atomic E-state index is 6.01. The Morgan fingerprint density at radius 2 is 2.15 bits per heavy atom. The normalized spacial score (nSPS) is 19.8. The Balaban J connectivity index is 2.22. The summed E-state index contributed by atoms with van der Waals surface area (Å²) in [6.45, 7) is 6.15. The molecule has 0 spiro atoms. The quantitative estimate of drug-likeness (QED) is 0.859. The molecule has 1 atom stereocenters. The molecule has 0 saturated carbocycles. The highest BCUT2D eigenvalue weighted by Gasteiger charge is 2.38. The lowest BCUT2D eigenvalue weighted by molar-refractivity contribution is -0.118. The van der Waals surface area contributed by atoms with Crippen LogP contribution in [0.15, 0.2) is 12.3 Å². The van der Waals surface area contributed by atoms with Gasteiger partial charge in [0.2, 0.25) is 0 Å². The molecule has 5 nitrogen and oxygen atoms in total. The number of rotatable bonds is 6. The van der Waals surface area contributed by atoms with Gasteiger partial charge in [0.1, 0.15) is 5.60 Å². The van der Waals surface area contributed by atoms with Gasteiger partial charge in [-0.15, -0.1) is 0 Å². The molecule has 20 heavy (non-hydrogen) atoms. The predicted octanol–water partition coefficient (Wildman–Crippen LogP) is 1.80. The molecular weight excluding hydrogens is 254 g/mol. The first-order valence-corrected chi connectivity index (χ1v) is 7.50. The SMILES string of the molecule is CCOC1(c2nccc(CC(N)CC)n2)CCOCC1. The molecule has 1 fully saturated rings. The summed E-state index contributed by atoms with van der Waals surface area (Å²) in [7, 11) is 0. The van der Waals surface area contributed by atoms with Crippen molar-refractivity contribution < 1.29 is 9.47 Å². The van der Waals surface area contributed by atoms with Crippen molar-refractivity contribution in [2.45, 2.75) is 51.2 Å². The molecule has 1 aliphatic rings. The van der Waals surface area contributed by atoms with Crippen molar-refractivity contribution in [3.8, 4) is 0 Å². The summed E-state index contributed by atoms with van der Waals surface area (Å²) in [5.41, 5.74) is 6.62. The third-order valence-corrected chi connectivity index (χ3v) is 3.84. The molecule has 2 heterocycles. The van der Waals surface area contributed by atoms with E-state index in [9.17, 15) is 0 Å². The summed E-state index contributed by atoms with van der Waals surface area (Å²) in [5.74, 6) is 0.781. The minimum absolute atomic E-state index is 0.149. The van der Waals surface area contributed by atoms with Gasteiger partial charge in [-0.1, -0.05) is 6.92 Å². The average molecular weight is 279 g/mol. The van der Waals surface area contributed by atoms with Crippen LogP contribution in [-0.4, -0.2) is 35.8 Å². The lowest BCUT2D eigenvalue weighted by Crippen LogP contribution is -2.38. The van der Waals surface area contributed by atoms with Crippen LogP contribution in [0.2, 0.25) is 0 Å². The van der Waals surface area contributed by atoms with E-state index in [1.807, 2.05) is 19.2 Å². The number of hydrogen-bond donors (Lipinski definition) is 1. The van der Waals surface area contributed by atoms with E-state index >= 15 is 0 Å². The molecule has 1 aromatic rings. The minimum atomic E-state index is -0.390. The van der Waals surface area contributed by atoms with Crippen LogP contribution >= 0.6 is 0 Å². The molecule has 1 aliphatic heterocycles. The van der Waals surface area contributed by atoms with Crippen LogP contribution in [0.1, 0.15) is 44.6 Å². The van der Waals surface area contributed by atoms with Gasteiger partial charge >= 0.3 is 0 Å². The smallest absolute Gasteiger partial charge is 0.160 e. The maximum atomic E-state index is 6.01. The largest absolute Gasteiger partial charge is 0.381 e. The topological polar surface area (TPSA) is 70.3 Å². The third kappa shape index (κ3) is 3.53. The van der Waals surface area contributed by atoms with Crippen LogP contribution in [0.4, 0.5) is 0 Å². The van der Waals surface area contributed by atoms with Crippen molar-refractivity contribution in [1.82, 2.24) is 9.97 Å². The van der Waals surface area contributed by atoms with Crippen LogP contribution in [0.3, 0.4) is 0 Å². The Morgan fingerprint density at radius 3 is 2.80 bits per heavy atom. The second-order valence-electron chi connectivity index (χ2n) is 5.28. The van der Waals surface area contributed by atoms with Gasteiger partial charge in [0.05, 0.1) is 0 Å². The molecule has 0 aromatic carbocycles. The Bertz CT molecular complexity index is 414. The van der Waals surface area contributed by atoms with E-state index in [4.69, 9.17) is 20.2 Å². The number of nitrogens with zero attached hydrogens (tertiary/aromatic N) is 2. The van der Waals surface area contributed by atoms with E-state index in [1.54, 1.807) is 0 Å². The molecule has 1 saturated heterocycles. The van der Waals surface area contributed by atoms with E-state index in [1.165, 1.54) is 0 Å². The van der Waals surface area contributed by atoms with Crippen molar-refractivity contribution in [2.24, 2.45) is 5.73 Å².